The van der Waals surface area contributed by atoms with Crippen LogP contribution in [-0.4, -0.2) is 53.1 Å². The van der Waals surface area contributed by atoms with Crippen LogP contribution in [0.3, 0.4) is 0 Å². The van der Waals surface area contributed by atoms with E-state index >= 15 is 0 Å². The molecule has 0 radical (unpaired) electrons. The Kier molecular flexibility index (Phi) is 6.09. The number of amides is 1. The van der Waals surface area contributed by atoms with E-state index in [1.807, 2.05) is 0 Å². The number of halogens is 3. The molecule has 0 saturated carbocycles. The average Bonchev–Trinajstić information content (AvgIpc) is 2.89. The molecule has 0 aliphatic carbocycles. The quantitative estimate of drug-likeness (QED) is 0.524. The molecule has 0 spiro atoms. The number of nitrogens with one attached hydrogen (secondary N) is 1. The summed E-state index contributed by atoms with van der Waals surface area (Å²) in [5, 5.41) is 13.4. The number of carbonyl (C=O) groups is 1. The SMILES string of the molecule is O=C(COc1ccc([S@@](=O)C(F)(F)F)cc1[N+](=O)[O-])N[C@H]1CCS(=O)(=O)C1. The van der Waals surface area contributed by atoms with Crippen molar-refractivity contribution in [3.8, 4) is 5.75 Å². The molecule has 27 heavy (non-hydrogen) atoms. The number of rotatable bonds is 6. The zero-order chi connectivity index (χ0) is 20.4. The summed E-state index contributed by atoms with van der Waals surface area (Å²) in [7, 11) is -6.67. The Morgan fingerprint density at radius 3 is 2.59 bits per heavy atom. The maximum absolute atomic E-state index is 12.5. The Bertz CT molecular complexity index is 886. The van der Waals surface area contributed by atoms with Crippen LogP contribution in [0, 0.1) is 10.1 Å². The molecule has 1 aliphatic heterocycles. The number of nitrogens with zero attached hydrogens (tertiary/aromatic N) is 1. The number of hydrogen-bond donors (Lipinski definition) is 1. The van der Waals surface area contributed by atoms with Gasteiger partial charge in [-0.1, -0.05) is 0 Å². The van der Waals surface area contributed by atoms with Crippen molar-refractivity contribution in [2.75, 3.05) is 18.1 Å². The van der Waals surface area contributed by atoms with Gasteiger partial charge in [-0.25, -0.2) is 12.6 Å². The lowest BCUT2D eigenvalue weighted by atomic mass is 10.2. The molecule has 9 nitrogen and oxygen atoms in total. The summed E-state index contributed by atoms with van der Waals surface area (Å²) >= 11 is 0. The first-order chi connectivity index (χ1) is 12.4. The highest BCUT2D eigenvalue weighted by atomic mass is 32.2. The van der Waals surface area contributed by atoms with Gasteiger partial charge in [-0.3, -0.25) is 14.9 Å². The second-order valence-corrected chi connectivity index (χ2v) is 9.26. The van der Waals surface area contributed by atoms with Gasteiger partial charge in [0.1, 0.15) is 0 Å². The van der Waals surface area contributed by atoms with Crippen LogP contribution in [0.4, 0.5) is 18.9 Å². The Hall–Kier alpha value is -2.22. The zero-order valence-corrected chi connectivity index (χ0v) is 15.0. The van der Waals surface area contributed by atoms with E-state index in [-0.39, 0.29) is 17.9 Å². The average molecular weight is 430 g/mol. The number of benzene rings is 1. The second kappa shape index (κ2) is 7.80. The van der Waals surface area contributed by atoms with E-state index in [1.54, 1.807) is 0 Å². The monoisotopic (exact) mass is 430 g/mol. The van der Waals surface area contributed by atoms with Gasteiger partial charge in [-0.15, -0.1) is 0 Å². The van der Waals surface area contributed by atoms with Gasteiger partial charge in [0.15, 0.2) is 33.0 Å². The van der Waals surface area contributed by atoms with E-state index in [0.717, 1.165) is 12.1 Å². The van der Waals surface area contributed by atoms with Crippen LogP contribution in [0.15, 0.2) is 23.1 Å². The number of nitro benzene ring substituents is 1. The summed E-state index contributed by atoms with van der Waals surface area (Å²) in [6.45, 7) is -0.709. The summed E-state index contributed by atoms with van der Waals surface area (Å²) in [6.07, 6.45) is 0.228. The van der Waals surface area contributed by atoms with Crippen LogP contribution < -0.4 is 10.1 Å². The Morgan fingerprint density at radius 2 is 2.07 bits per heavy atom. The molecule has 0 unspecified atom stereocenters. The predicted molar refractivity (Wildman–Crippen MR) is 86.3 cm³/mol. The summed E-state index contributed by atoms with van der Waals surface area (Å²) in [5.74, 6) is -1.52. The zero-order valence-electron chi connectivity index (χ0n) is 13.4. The fraction of sp³-hybridized carbons (Fsp3) is 0.462. The van der Waals surface area contributed by atoms with E-state index in [1.165, 1.54) is 0 Å². The van der Waals surface area contributed by atoms with Gasteiger partial charge in [-0.2, -0.15) is 13.2 Å². The maximum atomic E-state index is 12.5. The minimum Gasteiger partial charge on any atom is -0.477 e. The largest absolute Gasteiger partial charge is 0.477 e. The molecule has 1 aromatic rings. The molecular formula is C13H13F3N2O7S2. The van der Waals surface area contributed by atoms with Crippen LogP contribution in [0.2, 0.25) is 0 Å². The lowest BCUT2D eigenvalue weighted by Gasteiger charge is -2.12. The highest BCUT2D eigenvalue weighted by Gasteiger charge is 2.39. The lowest BCUT2D eigenvalue weighted by molar-refractivity contribution is -0.386. The smallest absolute Gasteiger partial charge is 0.475 e. The molecule has 1 aromatic carbocycles. The number of ether oxygens (including phenoxy) is 1. The van der Waals surface area contributed by atoms with E-state index < -0.39 is 66.0 Å². The molecule has 14 heteroatoms. The topological polar surface area (TPSA) is 133 Å². The molecule has 2 atom stereocenters. The lowest BCUT2D eigenvalue weighted by Crippen LogP contribution is -2.38. The summed E-state index contributed by atoms with van der Waals surface area (Å²) in [4.78, 5) is 20.9. The maximum Gasteiger partial charge on any atom is 0.475 e. The van der Waals surface area contributed by atoms with Crippen molar-refractivity contribution < 1.29 is 40.3 Å². The van der Waals surface area contributed by atoms with Crippen molar-refractivity contribution in [1.82, 2.24) is 5.32 Å². The van der Waals surface area contributed by atoms with E-state index in [4.69, 9.17) is 4.74 Å². The van der Waals surface area contributed by atoms with Gasteiger partial charge in [0.2, 0.25) is 0 Å². The molecular weight excluding hydrogens is 417 g/mol. The molecule has 1 fully saturated rings. The number of sulfone groups is 1. The second-order valence-electron chi connectivity index (χ2n) is 5.56. The van der Waals surface area contributed by atoms with Crippen molar-refractivity contribution >= 4 is 32.2 Å². The van der Waals surface area contributed by atoms with Crippen molar-refractivity contribution in [2.24, 2.45) is 0 Å². The van der Waals surface area contributed by atoms with Gasteiger partial charge < -0.3 is 10.1 Å². The van der Waals surface area contributed by atoms with Crippen molar-refractivity contribution in [3.05, 3.63) is 28.3 Å². The van der Waals surface area contributed by atoms with Crippen LogP contribution >= 0.6 is 0 Å². The van der Waals surface area contributed by atoms with Crippen LogP contribution in [0.25, 0.3) is 0 Å². The standard InChI is InChI=1S/C13H13F3N2O7S2/c14-13(15,16)26(22)9-1-2-11(10(5-9)18(20)21)25-6-12(19)17-8-3-4-27(23,24)7-8/h1-2,5,8H,3-4,6-7H2,(H,17,19)/t8-,26+/m0/s1. The number of carbonyl (C=O) groups excluding carboxylic acids is 1. The first kappa shape index (κ1) is 21.1. The van der Waals surface area contributed by atoms with Crippen LogP contribution in [0.1, 0.15) is 6.42 Å². The molecule has 1 amide bonds. The molecule has 150 valence electrons. The van der Waals surface area contributed by atoms with Gasteiger partial charge in [0.25, 0.3) is 5.91 Å². The summed E-state index contributed by atoms with van der Waals surface area (Å²) in [5.41, 5.74) is -5.97. The number of nitro groups is 1. The molecule has 1 heterocycles. The number of alkyl halides is 3. The predicted octanol–water partition coefficient (Wildman–Crippen LogP) is 0.904. The third-order valence-electron chi connectivity index (χ3n) is 3.51. The van der Waals surface area contributed by atoms with Crippen molar-refractivity contribution in [1.29, 1.82) is 0 Å². The third-order valence-corrected chi connectivity index (χ3v) is 6.38. The van der Waals surface area contributed by atoms with Gasteiger partial charge in [-0.05, 0) is 18.6 Å². The van der Waals surface area contributed by atoms with Gasteiger partial charge >= 0.3 is 11.2 Å². The van der Waals surface area contributed by atoms with E-state index in [0.29, 0.717) is 6.07 Å². The first-order valence-electron chi connectivity index (χ1n) is 7.28. The van der Waals surface area contributed by atoms with Gasteiger partial charge in [0, 0.05) is 12.1 Å². The van der Waals surface area contributed by atoms with Crippen LogP contribution in [0.5, 0.6) is 5.75 Å². The third kappa shape index (κ3) is 5.63. The normalized spacial score (nSPS) is 20.0. The molecule has 1 aliphatic rings. The molecule has 0 bridgehead atoms. The Balaban J connectivity index is 2.06. The summed E-state index contributed by atoms with van der Waals surface area (Å²) in [6, 6.07) is 1.41. The van der Waals surface area contributed by atoms with Gasteiger partial charge in [0.05, 0.1) is 21.3 Å². The first-order valence-corrected chi connectivity index (χ1v) is 10.3. The fourth-order valence-corrected chi connectivity index (χ4v) is 4.68. The van der Waals surface area contributed by atoms with E-state index in [9.17, 15) is 40.7 Å². The van der Waals surface area contributed by atoms with Crippen molar-refractivity contribution in [2.45, 2.75) is 22.9 Å². The van der Waals surface area contributed by atoms with Crippen LogP contribution in [-0.2, 0) is 25.4 Å². The Morgan fingerprint density at radius 1 is 1.41 bits per heavy atom. The summed E-state index contributed by atoms with van der Waals surface area (Å²) < 4.78 is 76.3. The Labute approximate surface area is 153 Å². The minimum atomic E-state index is -5.09. The molecule has 0 aromatic heterocycles. The number of hydrogen-bond acceptors (Lipinski definition) is 7. The fourth-order valence-electron chi connectivity index (χ4n) is 2.33. The highest BCUT2D eigenvalue weighted by molar-refractivity contribution is 7.91. The minimum absolute atomic E-state index is 0.0674. The van der Waals surface area contributed by atoms with Crippen molar-refractivity contribution in [3.63, 3.8) is 0 Å². The molecule has 1 saturated heterocycles. The van der Waals surface area contributed by atoms with E-state index in [2.05, 4.69) is 5.32 Å². The molecule has 1 N–H and O–H groups in total. The highest BCUT2D eigenvalue weighted by Crippen LogP contribution is 2.33. The molecule has 2 rings (SSSR count).